The third kappa shape index (κ3) is 10.6. The maximum absolute atomic E-state index is 10.8. The van der Waals surface area contributed by atoms with E-state index < -0.39 is 12.0 Å². The molecule has 0 aliphatic carbocycles. The van der Waals surface area contributed by atoms with E-state index in [2.05, 4.69) is 24.1 Å². The first-order chi connectivity index (χ1) is 10.2. The average molecular weight is 329 g/mol. The van der Waals surface area contributed by atoms with Crippen molar-refractivity contribution in [3.8, 4) is 0 Å². The number of likely N-dealkylation sites (N-methyl/N-ethyl adjacent to an activating group) is 1. The zero-order chi connectivity index (χ0) is 17.7. The van der Waals surface area contributed by atoms with Crippen LogP contribution in [0.5, 0.6) is 0 Å². The van der Waals surface area contributed by atoms with Crippen molar-refractivity contribution in [3.05, 3.63) is 36.1 Å². The quantitative estimate of drug-likeness (QED) is 0.201. The molecule has 124 valence electrons. The fourth-order valence-corrected chi connectivity index (χ4v) is 1.27. The van der Waals surface area contributed by atoms with Gasteiger partial charge >= 0.3 is 5.97 Å². The molecule has 0 aromatic rings. The number of hydrogen-bond donors (Lipinski definition) is 5. The van der Waals surface area contributed by atoms with Gasteiger partial charge in [0.05, 0.1) is 11.0 Å². The molecule has 0 aliphatic heterocycles. The molecule has 7 nitrogen and oxygen atoms in total. The predicted molar refractivity (Wildman–Crippen MR) is 90.4 cm³/mol. The van der Waals surface area contributed by atoms with Gasteiger partial charge in [-0.25, -0.2) is 4.79 Å². The molecule has 0 aromatic carbocycles. The van der Waals surface area contributed by atoms with Crippen LogP contribution in [-0.4, -0.2) is 40.2 Å². The molecule has 1 atom stereocenters. The summed E-state index contributed by atoms with van der Waals surface area (Å²) < 4.78 is 0. The highest BCUT2D eigenvalue weighted by molar-refractivity contribution is 7.80. The first-order valence-corrected chi connectivity index (χ1v) is 6.79. The van der Waals surface area contributed by atoms with Gasteiger partial charge in [-0.2, -0.15) is 0 Å². The SMILES string of the molecule is C=C/C=C(C(=O)O)\C(O)=C/C.CNC(=O)C(N)CCC(N)=S. The van der Waals surface area contributed by atoms with Crippen LogP contribution in [0.15, 0.2) is 36.1 Å². The van der Waals surface area contributed by atoms with Crippen molar-refractivity contribution < 1.29 is 19.8 Å². The van der Waals surface area contributed by atoms with Crippen molar-refractivity contribution in [1.29, 1.82) is 0 Å². The van der Waals surface area contributed by atoms with Gasteiger partial charge in [-0.15, -0.1) is 0 Å². The number of rotatable bonds is 7. The number of carbonyl (C=O) groups excluding carboxylic acids is 1. The van der Waals surface area contributed by atoms with Crippen molar-refractivity contribution in [3.63, 3.8) is 0 Å². The summed E-state index contributed by atoms with van der Waals surface area (Å²) in [6.07, 6.45) is 4.88. The Balaban J connectivity index is 0. The standard InChI is InChI=1S/C8H10O3.C6H13N3OS/c1-3-5-6(8(10)11)7(9)4-2;1-9-6(10)4(7)2-3-5(8)11/h3-5,9H,1H2,2H3,(H,10,11);4H,2-3,7H2,1H3,(H2,8,11)(H,9,10)/b6-5+,7-4+;. The molecule has 1 amide bonds. The number of carboxylic acids is 1. The minimum atomic E-state index is -1.17. The van der Waals surface area contributed by atoms with Crippen molar-refractivity contribution >= 4 is 29.1 Å². The van der Waals surface area contributed by atoms with E-state index in [9.17, 15) is 9.59 Å². The van der Waals surface area contributed by atoms with Crippen LogP contribution in [-0.2, 0) is 9.59 Å². The van der Waals surface area contributed by atoms with Crippen molar-refractivity contribution in [2.75, 3.05) is 7.05 Å². The lowest BCUT2D eigenvalue weighted by Crippen LogP contribution is -2.39. The zero-order valence-electron chi connectivity index (χ0n) is 12.7. The van der Waals surface area contributed by atoms with Crippen LogP contribution in [0.3, 0.4) is 0 Å². The van der Waals surface area contributed by atoms with Gasteiger partial charge in [0, 0.05) is 7.05 Å². The Kier molecular flexibility index (Phi) is 12.6. The van der Waals surface area contributed by atoms with Crippen LogP contribution in [0.25, 0.3) is 0 Å². The predicted octanol–water partition coefficient (Wildman–Crippen LogP) is 0.771. The van der Waals surface area contributed by atoms with Gasteiger partial charge in [0.25, 0.3) is 0 Å². The van der Waals surface area contributed by atoms with Crippen LogP contribution in [0.2, 0.25) is 0 Å². The van der Waals surface area contributed by atoms with Gasteiger partial charge in [0.2, 0.25) is 5.91 Å². The third-order valence-electron chi connectivity index (χ3n) is 2.35. The normalized spacial score (nSPS) is 12.5. The van der Waals surface area contributed by atoms with E-state index in [1.165, 1.54) is 18.2 Å². The maximum Gasteiger partial charge on any atom is 0.339 e. The number of carbonyl (C=O) groups is 2. The minimum absolute atomic E-state index is 0.150. The first-order valence-electron chi connectivity index (χ1n) is 6.38. The van der Waals surface area contributed by atoms with E-state index in [-0.39, 0.29) is 17.2 Å². The Morgan fingerprint density at radius 2 is 1.95 bits per heavy atom. The Morgan fingerprint density at radius 3 is 2.27 bits per heavy atom. The summed E-state index contributed by atoms with van der Waals surface area (Å²) >= 11 is 4.63. The van der Waals surface area contributed by atoms with Gasteiger partial charge < -0.3 is 27.0 Å². The number of hydrogen-bond acceptors (Lipinski definition) is 5. The highest BCUT2D eigenvalue weighted by Crippen LogP contribution is 2.06. The molecular formula is C14H23N3O4S. The van der Waals surface area contributed by atoms with Gasteiger partial charge in [0.1, 0.15) is 11.3 Å². The summed E-state index contributed by atoms with van der Waals surface area (Å²) in [6, 6.07) is -0.499. The highest BCUT2D eigenvalue weighted by Gasteiger charge is 2.10. The molecule has 0 saturated heterocycles. The molecule has 0 radical (unpaired) electrons. The summed E-state index contributed by atoms with van der Waals surface area (Å²) in [5.74, 6) is -1.60. The molecule has 8 heteroatoms. The second-order valence-corrected chi connectivity index (χ2v) is 4.55. The molecule has 0 fully saturated rings. The molecule has 0 aromatic heterocycles. The van der Waals surface area contributed by atoms with Crippen LogP contribution in [0, 0.1) is 0 Å². The Bertz CT molecular complexity index is 473. The molecule has 0 bridgehead atoms. The summed E-state index contributed by atoms with van der Waals surface area (Å²) in [7, 11) is 1.54. The topological polar surface area (TPSA) is 139 Å². The second kappa shape index (κ2) is 12.5. The molecule has 0 spiro atoms. The lowest BCUT2D eigenvalue weighted by atomic mass is 10.1. The van der Waals surface area contributed by atoms with Crippen LogP contribution < -0.4 is 16.8 Å². The van der Waals surface area contributed by atoms with Gasteiger partial charge in [-0.1, -0.05) is 24.9 Å². The lowest BCUT2D eigenvalue weighted by molar-refractivity contribution is -0.132. The fraction of sp³-hybridized carbons (Fsp3) is 0.357. The van der Waals surface area contributed by atoms with E-state index in [1.807, 2.05) is 0 Å². The Labute approximate surface area is 135 Å². The number of carboxylic acid groups (broad SMARTS) is 1. The number of allylic oxidation sites excluding steroid dienone is 3. The number of amides is 1. The summed E-state index contributed by atoms with van der Waals surface area (Å²) in [4.78, 5) is 21.6. The zero-order valence-corrected chi connectivity index (χ0v) is 13.5. The number of aliphatic hydroxyl groups is 1. The third-order valence-corrected chi connectivity index (χ3v) is 2.55. The molecule has 22 heavy (non-hydrogen) atoms. The summed E-state index contributed by atoms with van der Waals surface area (Å²) in [6.45, 7) is 4.87. The molecule has 0 rings (SSSR count). The Hall–Kier alpha value is -2.19. The summed E-state index contributed by atoms with van der Waals surface area (Å²) in [5.41, 5.74) is 10.5. The van der Waals surface area contributed by atoms with Crippen LogP contribution in [0.4, 0.5) is 0 Å². The second-order valence-electron chi connectivity index (χ2n) is 4.02. The van der Waals surface area contributed by atoms with Gasteiger partial charge in [-0.05, 0) is 31.9 Å². The smallest absolute Gasteiger partial charge is 0.339 e. The van der Waals surface area contributed by atoms with Gasteiger partial charge in [0.15, 0.2) is 0 Å². The monoisotopic (exact) mass is 329 g/mol. The molecule has 0 aliphatic rings. The van der Waals surface area contributed by atoms with Crippen LogP contribution >= 0.6 is 12.2 Å². The van der Waals surface area contributed by atoms with E-state index in [1.54, 1.807) is 14.0 Å². The first kappa shape index (κ1) is 22.1. The maximum atomic E-state index is 10.8. The fourth-order valence-electron chi connectivity index (χ4n) is 1.15. The number of nitrogens with two attached hydrogens (primary N) is 2. The molecule has 7 N–H and O–H groups in total. The average Bonchev–Trinajstić information content (AvgIpc) is 2.48. The van der Waals surface area contributed by atoms with E-state index in [0.717, 1.165) is 0 Å². The molecule has 0 saturated carbocycles. The largest absolute Gasteiger partial charge is 0.507 e. The van der Waals surface area contributed by atoms with Crippen molar-refractivity contribution in [1.82, 2.24) is 5.32 Å². The van der Waals surface area contributed by atoms with E-state index >= 15 is 0 Å². The molecular weight excluding hydrogens is 306 g/mol. The molecule has 0 heterocycles. The molecule has 1 unspecified atom stereocenters. The van der Waals surface area contributed by atoms with E-state index in [4.69, 9.17) is 21.7 Å². The Morgan fingerprint density at radius 1 is 1.41 bits per heavy atom. The van der Waals surface area contributed by atoms with Gasteiger partial charge in [-0.3, -0.25) is 4.79 Å². The highest BCUT2D eigenvalue weighted by atomic mass is 32.1. The summed E-state index contributed by atoms with van der Waals surface area (Å²) in [5, 5.41) is 19.9. The van der Waals surface area contributed by atoms with Crippen molar-refractivity contribution in [2.45, 2.75) is 25.8 Å². The number of nitrogens with one attached hydrogen (secondary N) is 1. The lowest BCUT2D eigenvalue weighted by Gasteiger charge is -2.07. The van der Waals surface area contributed by atoms with E-state index in [0.29, 0.717) is 17.8 Å². The number of aliphatic hydroxyl groups excluding tert-OH is 1. The van der Waals surface area contributed by atoms with Crippen molar-refractivity contribution in [2.24, 2.45) is 11.5 Å². The minimum Gasteiger partial charge on any atom is -0.507 e. The number of aliphatic carboxylic acids is 1. The number of thiocarbonyl (C=S) groups is 1. The van der Waals surface area contributed by atoms with Crippen LogP contribution in [0.1, 0.15) is 19.8 Å².